The molecule has 2 fully saturated rings. The maximum atomic E-state index is 10.7. The van der Waals surface area contributed by atoms with Crippen LogP contribution in [0.5, 0.6) is 0 Å². The van der Waals surface area contributed by atoms with Gasteiger partial charge in [-0.15, -0.1) is 0 Å². The van der Waals surface area contributed by atoms with E-state index in [2.05, 4.69) is 6.07 Å². The number of esters is 1. The summed E-state index contributed by atoms with van der Waals surface area (Å²) in [5.74, 6) is 1.64. The van der Waals surface area contributed by atoms with Crippen molar-refractivity contribution in [3.8, 4) is 6.07 Å². The maximum absolute atomic E-state index is 10.7. The van der Waals surface area contributed by atoms with Gasteiger partial charge in [0.05, 0.1) is 12.2 Å². The highest BCUT2D eigenvalue weighted by atomic mass is 16.7. The average Bonchev–Trinajstić information content (AvgIpc) is 2.48. The fourth-order valence-corrected chi connectivity index (χ4v) is 3.66. The zero-order chi connectivity index (χ0) is 14.4. The first kappa shape index (κ1) is 15.3. The average molecular weight is 279 g/mol. The molecule has 2 rings (SSSR count). The highest BCUT2D eigenvalue weighted by Gasteiger charge is 2.31. The Morgan fingerprint density at radius 3 is 2.10 bits per heavy atom. The summed E-state index contributed by atoms with van der Waals surface area (Å²) < 4.78 is 10.4. The first-order valence-corrected chi connectivity index (χ1v) is 7.83. The van der Waals surface area contributed by atoms with E-state index in [1.165, 1.54) is 32.6 Å². The Bertz CT molecular complexity index is 347. The lowest BCUT2D eigenvalue weighted by Gasteiger charge is -2.36. The van der Waals surface area contributed by atoms with Crippen LogP contribution in [0.3, 0.4) is 0 Å². The molecule has 2 saturated carbocycles. The van der Waals surface area contributed by atoms with Crippen molar-refractivity contribution < 1.29 is 14.3 Å². The molecular formula is C16H25NO3. The molecule has 4 nitrogen and oxygen atoms in total. The third kappa shape index (κ3) is 4.49. The van der Waals surface area contributed by atoms with Crippen LogP contribution in [0.4, 0.5) is 0 Å². The first-order chi connectivity index (χ1) is 9.69. The summed E-state index contributed by atoms with van der Waals surface area (Å²) in [4.78, 5) is 10.7. The molecule has 0 spiro atoms. The van der Waals surface area contributed by atoms with Crippen LogP contribution < -0.4 is 0 Å². The minimum atomic E-state index is -0.284. The molecule has 20 heavy (non-hydrogen) atoms. The Kier molecular flexibility index (Phi) is 5.85. The van der Waals surface area contributed by atoms with Crippen LogP contribution in [0.1, 0.15) is 58.3 Å². The fourth-order valence-electron chi connectivity index (χ4n) is 3.66. The molecule has 0 bridgehead atoms. The largest absolute Gasteiger partial charge is 0.439 e. The smallest absolute Gasteiger partial charge is 0.304 e. The van der Waals surface area contributed by atoms with Crippen molar-refractivity contribution >= 4 is 5.97 Å². The van der Waals surface area contributed by atoms with Crippen molar-refractivity contribution in [1.29, 1.82) is 5.26 Å². The minimum Gasteiger partial charge on any atom is -0.439 e. The molecule has 2 aliphatic carbocycles. The van der Waals surface area contributed by atoms with Gasteiger partial charge in [0.25, 0.3) is 0 Å². The first-order valence-electron chi connectivity index (χ1n) is 7.83. The lowest BCUT2D eigenvalue weighted by atomic mass is 9.71. The standard InChI is InChI=1S/C16H25NO3/c1-12(18)19-11-20-16-8-6-15(7-9-16)14-4-2-13(10-17)3-5-14/h13-16H,2-9,11H2,1H3. The van der Waals surface area contributed by atoms with E-state index in [1.807, 2.05) is 0 Å². The van der Waals surface area contributed by atoms with Gasteiger partial charge in [-0.25, -0.2) is 0 Å². The number of hydrogen-bond acceptors (Lipinski definition) is 4. The van der Waals surface area contributed by atoms with E-state index in [0.29, 0.717) is 5.92 Å². The molecule has 0 aromatic carbocycles. The van der Waals surface area contributed by atoms with E-state index < -0.39 is 0 Å². The molecule has 2 aliphatic rings. The number of carbonyl (C=O) groups excluding carboxylic acids is 1. The fraction of sp³-hybridized carbons (Fsp3) is 0.875. The van der Waals surface area contributed by atoms with E-state index in [0.717, 1.165) is 37.5 Å². The van der Waals surface area contributed by atoms with Gasteiger partial charge in [-0.3, -0.25) is 4.79 Å². The molecule has 0 saturated heterocycles. The van der Waals surface area contributed by atoms with E-state index in [1.54, 1.807) is 0 Å². The van der Waals surface area contributed by atoms with Crippen LogP contribution in [-0.4, -0.2) is 18.9 Å². The zero-order valence-corrected chi connectivity index (χ0v) is 12.3. The molecular weight excluding hydrogens is 254 g/mol. The molecule has 0 N–H and O–H groups in total. The molecule has 0 aromatic heterocycles. The van der Waals surface area contributed by atoms with Crippen LogP contribution in [0.15, 0.2) is 0 Å². The summed E-state index contributed by atoms with van der Waals surface area (Å²) in [6.45, 7) is 1.50. The Hall–Kier alpha value is -1.08. The SMILES string of the molecule is CC(=O)OCOC1CCC(C2CCC(C#N)CC2)CC1. The summed E-state index contributed by atoms with van der Waals surface area (Å²) >= 11 is 0. The van der Waals surface area contributed by atoms with Crippen LogP contribution in [-0.2, 0) is 14.3 Å². The Labute approximate surface area is 121 Å². The van der Waals surface area contributed by atoms with Crippen molar-refractivity contribution in [2.45, 2.75) is 64.4 Å². The molecule has 0 aliphatic heterocycles. The van der Waals surface area contributed by atoms with Gasteiger partial charge in [-0.1, -0.05) is 0 Å². The number of nitrogens with zero attached hydrogens (tertiary/aromatic N) is 1. The lowest BCUT2D eigenvalue weighted by Crippen LogP contribution is -2.29. The maximum Gasteiger partial charge on any atom is 0.304 e. The number of ether oxygens (including phenoxy) is 2. The zero-order valence-electron chi connectivity index (χ0n) is 12.3. The summed E-state index contributed by atoms with van der Waals surface area (Å²) in [6.07, 6.45) is 9.45. The summed E-state index contributed by atoms with van der Waals surface area (Å²) in [7, 11) is 0. The summed E-state index contributed by atoms with van der Waals surface area (Å²) in [5.41, 5.74) is 0. The second-order valence-electron chi connectivity index (χ2n) is 6.20. The van der Waals surface area contributed by atoms with Crippen LogP contribution >= 0.6 is 0 Å². The number of carbonyl (C=O) groups is 1. The highest BCUT2D eigenvalue weighted by Crippen LogP contribution is 2.40. The van der Waals surface area contributed by atoms with E-state index in [-0.39, 0.29) is 18.9 Å². The molecule has 4 heteroatoms. The predicted molar refractivity (Wildman–Crippen MR) is 74.5 cm³/mol. The molecule has 0 unspecified atom stereocenters. The summed E-state index contributed by atoms with van der Waals surface area (Å²) in [6, 6.07) is 2.41. The molecule has 112 valence electrons. The number of nitriles is 1. The van der Waals surface area contributed by atoms with Gasteiger partial charge in [0.1, 0.15) is 0 Å². The number of hydrogen-bond donors (Lipinski definition) is 0. The Balaban J connectivity index is 1.64. The normalized spacial score (nSPS) is 34.2. The van der Waals surface area contributed by atoms with Crippen molar-refractivity contribution in [1.82, 2.24) is 0 Å². The van der Waals surface area contributed by atoms with Crippen LogP contribution in [0, 0.1) is 29.1 Å². The van der Waals surface area contributed by atoms with Gasteiger partial charge in [0.2, 0.25) is 0 Å². The molecule has 0 heterocycles. The summed E-state index contributed by atoms with van der Waals surface area (Å²) in [5, 5.41) is 8.94. The third-order valence-electron chi connectivity index (χ3n) is 4.91. The van der Waals surface area contributed by atoms with E-state index in [9.17, 15) is 4.79 Å². The highest BCUT2D eigenvalue weighted by molar-refractivity contribution is 5.65. The third-order valence-corrected chi connectivity index (χ3v) is 4.91. The quantitative estimate of drug-likeness (QED) is 0.584. The van der Waals surface area contributed by atoms with Crippen molar-refractivity contribution in [3.63, 3.8) is 0 Å². The van der Waals surface area contributed by atoms with Crippen molar-refractivity contribution in [2.75, 3.05) is 6.79 Å². The monoisotopic (exact) mass is 279 g/mol. The number of rotatable bonds is 4. The van der Waals surface area contributed by atoms with E-state index >= 15 is 0 Å². The second-order valence-corrected chi connectivity index (χ2v) is 6.20. The van der Waals surface area contributed by atoms with Crippen LogP contribution in [0.25, 0.3) is 0 Å². The van der Waals surface area contributed by atoms with Gasteiger partial charge in [0, 0.05) is 12.8 Å². The molecule has 0 atom stereocenters. The second kappa shape index (κ2) is 7.64. The lowest BCUT2D eigenvalue weighted by molar-refractivity contribution is -0.160. The van der Waals surface area contributed by atoms with Gasteiger partial charge in [0.15, 0.2) is 6.79 Å². The van der Waals surface area contributed by atoms with E-state index in [4.69, 9.17) is 14.7 Å². The van der Waals surface area contributed by atoms with Gasteiger partial charge >= 0.3 is 5.97 Å². The molecule has 0 aromatic rings. The topological polar surface area (TPSA) is 59.3 Å². The van der Waals surface area contributed by atoms with Gasteiger partial charge < -0.3 is 9.47 Å². The Morgan fingerprint density at radius 1 is 1.05 bits per heavy atom. The van der Waals surface area contributed by atoms with Crippen LogP contribution in [0.2, 0.25) is 0 Å². The molecule has 0 amide bonds. The van der Waals surface area contributed by atoms with Crippen molar-refractivity contribution in [3.05, 3.63) is 0 Å². The minimum absolute atomic E-state index is 0.0952. The Morgan fingerprint density at radius 2 is 1.60 bits per heavy atom. The van der Waals surface area contributed by atoms with Gasteiger partial charge in [-0.05, 0) is 63.2 Å². The molecule has 0 radical (unpaired) electrons. The predicted octanol–water partition coefficient (Wildman–Crippen LogP) is 3.41. The van der Waals surface area contributed by atoms with Crippen molar-refractivity contribution in [2.24, 2.45) is 17.8 Å². The van der Waals surface area contributed by atoms with Gasteiger partial charge in [-0.2, -0.15) is 5.26 Å².